The van der Waals surface area contributed by atoms with Crippen LogP contribution in [0.2, 0.25) is 0 Å². The molecule has 0 amide bonds. The molecule has 2 atom stereocenters. The van der Waals surface area contributed by atoms with E-state index in [2.05, 4.69) is 0 Å². The molecule has 10 heteroatoms. The molecule has 9 nitrogen and oxygen atoms in total. The number of rotatable bonds is 10. The summed E-state index contributed by atoms with van der Waals surface area (Å²) in [6.45, 7) is 5.38. The molecule has 5 aromatic carbocycles. The number of carboxylic acids is 2. The zero-order valence-corrected chi connectivity index (χ0v) is 29.8. The fourth-order valence-electron chi connectivity index (χ4n) is 4.69. The van der Waals surface area contributed by atoms with E-state index in [0.29, 0.717) is 21.7 Å². The van der Waals surface area contributed by atoms with E-state index in [1.807, 2.05) is 49.4 Å². The first kappa shape index (κ1) is 41.8. The molecule has 0 aliphatic rings. The van der Waals surface area contributed by atoms with Gasteiger partial charge >= 0.3 is 25.3 Å². The van der Waals surface area contributed by atoms with Gasteiger partial charge in [0.25, 0.3) is 0 Å². The van der Waals surface area contributed by atoms with E-state index >= 15 is 0 Å². The van der Waals surface area contributed by atoms with Gasteiger partial charge in [-0.3, -0.25) is 9.36 Å². The van der Waals surface area contributed by atoms with E-state index in [-0.39, 0.29) is 12.3 Å². The third kappa shape index (κ3) is 15.0. The van der Waals surface area contributed by atoms with Gasteiger partial charge in [-0.1, -0.05) is 110 Å². The standard InChI is InChI=1S/C20H17O3P.2C7H6O2.C7H16O2/c21-20(16-17-10-4-1-5-11-17)23-24(22,18-12-6-2-7-13-18)19-14-8-3-9-15-19;2*8-7(9)6-4-2-1-3-5-6;1-4-7(5(2)8)6(3)9/h1-15H,16H2;2*1-5H,(H,8,9);5-9H,4H2,1-3H3. The Kier molecular flexibility index (Phi) is 18.4. The van der Waals surface area contributed by atoms with Crippen molar-refractivity contribution in [3.63, 3.8) is 0 Å². The highest BCUT2D eigenvalue weighted by atomic mass is 31.2. The summed E-state index contributed by atoms with van der Waals surface area (Å²) in [4.78, 5) is 32.8. The molecule has 4 N–H and O–H groups in total. The van der Waals surface area contributed by atoms with Gasteiger partial charge in [-0.05, 0) is 74.4 Å². The van der Waals surface area contributed by atoms with Crippen LogP contribution in [0, 0.1) is 5.92 Å². The van der Waals surface area contributed by atoms with Gasteiger partial charge in [0.05, 0.1) is 40.4 Å². The van der Waals surface area contributed by atoms with Crippen LogP contribution in [0.15, 0.2) is 152 Å². The molecular formula is C41H45O9P. The molecule has 0 heterocycles. The van der Waals surface area contributed by atoms with Gasteiger partial charge in [-0.25, -0.2) is 9.59 Å². The lowest BCUT2D eigenvalue weighted by Gasteiger charge is -2.20. The second-order valence-electron chi connectivity index (χ2n) is 11.2. The van der Waals surface area contributed by atoms with Crippen LogP contribution in [-0.4, -0.2) is 50.5 Å². The maximum Gasteiger partial charge on any atom is 0.335 e. The Labute approximate surface area is 299 Å². The van der Waals surface area contributed by atoms with Gasteiger partial charge < -0.3 is 24.9 Å². The van der Waals surface area contributed by atoms with E-state index in [9.17, 15) is 18.9 Å². The molecule has 0 fully saturated rings. The molecule has 0 radical (unpaired) electrons. The molecule has 0 spiro atoms. The van der Waals surface area contributed by atoms with Crippen molar-refractivity contribution in [1.29, 1.82) is 0 Å². The Morgan fingerprint density at radius 3 is 1.14 bits per heavy atom. The summed E-state index contributed by atoms with van der Waals surface area (Å²) in [5.41, 5.74) is 1.49. The number of aliphatic hydroxyl groups excluding tert-OH is 2. The second kappa shape index (κ2) is 22.4. The summed E-state index contributed by atoms with van der Waals surface area (Å²) >= 11 is 0. The predicted molar refractivity (Wildman–Crippen MR) is 200 cm³/mol. The molecule has 51 heavy (non-hydrogen) atoms. The minimum atomic E-state index is -3.47. The largest absolute Gasteiger partial charge is 0.478 e. The van der Waals surface area contributed by atoms with Crippen LogP contribution in [0.1, 0.15) is 53.5 Å². The average molecular weight is 713 g/mol. The molecule has 2 unspecified atom stereocenters. The number of aromatic carboxylic acids is 2. The molecule has 5 rings (SSSR count). The molecule has 0 saturated carbocycles. The Bertz CT molecular complexity index is 1660. The van der Waals surface area contributed by atoms with Crippen LogP contribution in [-0.2, 0) is 20.3 Å². The lowest BCUT2D eigenvalue weighted by Crippen LogP contribution is -2.26. The molecule has 0 aliphatic carbocycles. The van der Waals surface area contributed by atoms with Crippen LogP contribution in [0.4, 0.5) is 0 Å². The summed E-state index contributed by atoms with van der Waals surface area (Å²) in [5.74, 6) is -2.23. The minimum Gasteiger partial charge on any atom is -0.478 e. The fraction of sp³-hybridized carbons (Fsp3) is 0.195. The van der Waals surface area contributed by atoms with Gasteiger partial charge in [-0.15, -0.1) is 0 Å². The number of carbonyl (C=O) groups is 3. The summed E-state index contributed by atoms with van der Waals surface area (Å²) in [5, 5.41) is 35.8. The Hall–Kier alpha value is -5.34. The van der Waals surface area contributed by atoms with Crippen molar-refractivity contribution >= 4 is 35.9 Å². The molecular weight excluding hydrogens is 667 g/mol. The van der Waals surface area contributed by atoms with Crippen molar-refractivity contribution in [3.05, 3.63) is 168 Å². The molecule has 0 aliphatic heterocycles. The summed E-state index contributed by atoms with van der Waals surface area (Å²) in [7, 11) is -3.47. The van der Waals surface area contributed by atoms with Crippen molar-refractivity contribution in [2.45, 2.75) is 45.8 Å². The van der Waals surface area contributed by atoms with Crippen molar-refractivity contribution in [3.8, 4) is 0 Å². The maximum atomic E-state index is 13.6. The number of hydrogen-bond acceptors (Lipinski definition) is 7. The van der Waals surface area contributed by atoms with Gasteiger partial charge in [-0.2, -0.15) is 0 Å². The fourth-order valence-corrected chi connectivity index (χ4v) is 6.68. The van der Waals surface area contributed by atoms with Crippen molar-refractivity contribution < 1.29 is 43.9 Å². The van der Waals surface area contributed by atoms with Crippen molar-refractivity contribution in [2.75, 3.05) is 0 Å². The van der Waals surface area contributed by atoms with Gasteiger partial charge in [0, 0.05) is 5.92 Å². The number of carbonyl (C=O) groups excluding carboxylic acids is 1. The lowest BCUT2D eigenvalue weighted by atomic mass is 9.95. The molecule has 5 aromatic rings. The van der Waals surface area contributed by atoms with Crippen molar-refractivity contribution in [2.24, 2.45) is 5.92 Å². The van der Waals surface area contributed by atoms with E-state index in [1.165, 1.54) is 0 Å². The minimum absolute atomic E-state index is 0.0324. The summed E-state index contributed by atoms with van der Waals surface area (Å²) in [6, 6.07) is 43.6. The third-order valence-corrected chi connectivity index (χ3v) is 9.78. The van der Waals surface area contributed by atoms with Crippen LogP contribution in [0.5, 0.6) is 0 Å². The van der Waals surface area contributed by atoms with Crippen LogP contribution < -0.4 is 10.6 Å². The van der Waals surface area contributed by atoms with E-state index in [4.69, 9.17) is 24.9 Å². The van der Waals surface area contributed by atoms with Gasteiger partial charge in [0.2, 0.25) is 0 Å². The quantitative estimate of drug-likeness (QED) is 0.110. The Morgan fingerprint density at radius 1 is 0.569 bits per heavy atom. The second-order valence-corrected chi connectivity index (χ2v) is 13.6. The highest BCUT2D eigenvalue weighted by molar-refractivity contribution is 7.74. The van der Waals surface area contributed by atoms with E-state index in [0.717, 1.165) is 12.0 Å². The SMILES string of the molecule is CCC(C(C)O)C(C)O.O=C(Cc1ccccc1)OP(=O)(c1ccccc1)c1ccccc1.O=C(O)c1ccccc1.O=C(O)c1ccccc1. The Balaban J connectivity index is 0.000000274. The lowest BCUT2D eigenvalue weighted by molar-refractivity contribution is -0.133. The number of aliphatic hydroxyl groups is 2. The molecule has 0 bridgehead atoms. The van der Waals surface area contributed by atoms with E-state index in [1.54, 1.807) is 123 Å². The number of hydrogen-bond donors (Lipinski definition) is 4. The highest BCUT2D eigenvalue weighted by Gasteiger charge is 2.32. The third-order valence-electron chi connectivity index (χ3n) is 7.37. The van der Waals surface area contributed by atoms with Gasteiger partial charge in [0.1, 0.15) is 0 Å². The zero-order chi connectivity index (χ0) is 37.6. The monoisotopic (exact) mass is 712 g/mol. The van der Waals surface area contributed by atoms with Crippen LogP contribution in [0.25, 0.3) is 0 Å². The molecule has 0 saturated heterocycles. The van der Waals surface area contributed by atoms with Crippen LogP contribution >= 0.6 is 7.37 Å². The Morgan fingerprint density at radius 2 is 0.882 bits per heavy atom. The first-order valence-corrected chi connectivity index (χ1v) is 17.9. The summed E-state index contributed by atoms with van der Waals surface area (Å²) < 4.78 is 19.1. The number of benzene rings is 5. The average Bonchev–Trinajstić information content (AvgIpc) is 3.14. The van der Waals surface area contributed by atoms with E-state index < -0.39 is 37.5 Å². The first-order chi connectivity index (χ1) is 24.4. The van der Waals surface area contributed by atoms with Crippen molar-refractivity contribution in [1.82, 2.24) is 0 Å². The highest BCUT2D eigenvalue weighted by Crippen LogP contribution is 2.44. The maximum absolute atomic E-state index is 13.6. The van der Waals surface area contributed by atoms with Gasteiger partial charge in [0.15, 0.2) is 0 Å². The smallest absolute Gasteiger partial charge is 0.335 e. The summed E-state index contributed by atoms with van der Waals surface area (Å²) in [6.07, 6.45) is 0.129. The van der Waals surface area contributed by atoms with Crippen LogP contribution in [0.3, 0.4) is 0 Å². The predicted octanol–water partition coefficient (Wildman–Crippen LogP) is 7.25. The topological polar surface area (TPSA) is 158 Å². The molecule has 0 aromatic heterocycles. The first-order valence-electron chi connectivity index (χ1n) is 16.3. The number of carboxylic acid groups (broad SMARTS) is 2. The molecule has 268 valence electrons. The zero-order valence-electron chi connectivity index (χ0n) is 28.9. The normalized spacial score (nSPS) is 12.0.